The number of hydrogen-bond donors (Lipinski definition) is 1. The summed E-state index contributed by atoms with van der Waals surface area (Å²) in [7, 11) is 0. The number of rotatable bonds is 6. The van der Waals surface area contributed by atoms with E-state index in [0.29, 0.717) is 6.61 Å². The van der Waals surface area contributed by atoms with Gasteiger partial charge in [0.15, 0.2) is 0 Å². The zero-order valence-electron chi connectivity index (χ0n) is 12.9. The van der Waals surface area contributed by atoms with Gasteiger partial charge in [-0.2, -0.15) is 0 Å². The molecule has 2 rings (SSSR count). The molecule has 0 fully saturated rings. The summed E-state index contributed by atoms with van der Waals surface area (Å²) >= 11 is 0. The minimum atomic E-state index is -0.368. The van der Waals surface area contributed by atoms with Crippen molar-refractivity contribution in [2.45, 2.75) is 26.3 Å². The van der Waals surface area contributed by atoms with Crippen LogP contribution in [0.25, 0.3) is 0 Å². The van der Waals surface area contributed by atoms with E-state index in [-0.39, 0.29) is 18.4 Å². The van der Waals surface area contributed by atoms with E-state index >= 15 is 0 Å². The lowest BCUT2D eigenvalue weighted by molar-refractivity contribution is -0.143. The van der Waals surface area contributed by atoms with Gasteiger partial charge in [-0.1, -0.05) is 29.8 Å². The van der Waals surface area contributed by atoms with Crippen molar-refractivity contribution in [1.82, 2.24) is 0 Å². The first kappa shape index (κ1) is 16.0. The normalized spacial score (nSPS) is 11.8. The van der Waals surface area contributed by atoms with Crippen LogP contribution in [0.15, 0.2) is 48.5 Å². The summed E-state index contributed by atoms with van der Waals surface area (Å²) in [5, 5.41) is 0. The number of hydrogen-bond acceptors (Lipinski definition) is 4. The Kier molecular flexibility index (Phi) is 5.55. The molecule has 0 saturated carbocycles. The molecule has 4 nitrogen and oxygen atoms in total. The highest BCUT2D eigenvalue weighted by Gasteiger charge is 2.12. The smallest absolute Gasteiger partial charge is 0.307 e. The molecular weight excluding hydrogens is 278 g/mol. The zero-order chi connectivity index (χ0) is 15.9. The highest BCUT2D eigenvalue weighted by Crippen LogP contribution is 2.24. The molecule has 0 aliphatic heterocycles. The van der Waals surface area contributed by atoms with Crippen LogP contribution in [0.4, 0.5) is 0 Å². The van der Waals surface area contributed by atoms with Crippen molar-refractivity contribution < 1.29 is 14.3 Å². The molecule has 0 aliphatic rings. The average Bonchev–Trinajstić information content (AvgIpc) is 2.50. The minimum Gasteiger partial charge on any atom is -0.466 e. The number of esters is 1. The summed E-state index contributed by atoms with van der Waals surface area (Å²) in [6.45, 7) is 4.18. The van der Waals surface area contributed by atoms with Crippen molar-refractivity contribution in [1.29, 1.82) is 0 Å². The number of aryl methyl sites for hydroxylation is 1. The van der Waals surface area contributed by atoms with Crippen LogP contribution in [0.1, 0.15) is 30.5 Å². The maximum Gasteiger partial charge on any atom is 0.307 e. The Morgan fingerprint density at radius 3 is 2.14 bits per heavy atom. The largest absolute Gasteiger partial charge is 0.466 e. The molecule has 0 spiro atoms. The highest BCUT2D eigenvalue weighted by molar-refractivity contribution is 5.70. The molecule has 0 amide bonds. The highest BCUT2D eigenvalue weighted by atomic mass is 16.5. The monoisotopic (exact) mass is 299 g/mol. The summed E-state index contributed by atoms with van der Waals surface area (Å²) in [4.78, 5) is 11.4. The second kappa shape index (κ2) is 7.61. The lowest BCUT2D eigenvalue weighted by Crippen LogP contribution is -2.17. The molecule has 0 bridgehead atoms. The molecule has 2 aromatic carbocycles. The van der Waals surface area contributed by atoms with E-state index in [2.05, 4.69) is 0 Å². The van der Waals surface area contributed by atoms with Crippen molar-refractivity contribution in [3.63, 3.8) is 0 Å². The Labute approximate surface area is 130 Å². The molecule has 0 saturated heterocycles. The molecule has 2 aromatic rings. The second-order valence-electron chi connectivity index (χ2n) is 5.10. The second-order valence-corrected chi connectivity index (χ2v) is 5.10. The van der Waals surface area contributed by atoms with Crippen LogP contribution in [0.3, 0.4) is 0 Å². The summed E-state index contributed by atoms with van der Waals surface area (Å²) in [6, 6.07) is 14.9. The molecule has 0 radical (unpaired) electrons. The van der Waals surface area contributed by atoms with Gasteiger partial charge in [0.25, 0.3) is 0 Å². The first-order valence-corrected chi connectivity index (χ1v) is 7.34. The summed E-state index contributed by atoms with van der Waals surface area (Å²) in [6.07, 6.45) is 0.173. The predicted octanol–water partition coefficient (Wildman–Crippen LogP) is 3.74. The third-order valence-electron chi connectivity index (χ3n) is 3.26. The first-order valence-electron chi connectivity index (χ1n) is 7.34. The van der Waals surface area contributed by atoms with Crippen LogP contribution in [0.5, 0.6) is 11.5 Å². The fourth-order valence-corrected chi connectivity index (χ4v) is 2.04. The van der Waals surface area contributed by atoms with Gasteiger partial charge in [-0.15, -0.1) is 0 Å². The molecule has 1 unspecified atom stereocenters. The lowest BCUT2D eigenvalue weighted by atomic mass is 10.0. The quantitative estimate of drug-likeness (QED) is 0.825. The molecule has 0 aliphatic carbocycles. The van der Waals surface area contributed by atoms with E-state index in [4.69, 9.17) is 15.2 Å². The summed E-state index contributed by atoms with van der Waals surface area (Å²) < 4.78 is 10.7. The topological polar surface area (TPSA) is 61.5 Å². The first-order chi connectivity index (χ1) is 10.6. The van der Waals surface area contributed by atoms with Gasteiger partial charge in [-0.25, -0.2) is 0 Å². The summed E-state index contributed by atoms with van der Waals surface area (Å²) in [5.41, 5.74) is 8.07. The van der Waals surface area contributed by atoms with Crippen molar-refractivity contribution >= 4 is 5.97 Å². The fourth-order valence-electron chi connectivity index (χ4n) is 2.04. The molecule has 2 N–H and O–H groups in total. The van der Waals surface area contributed by atoms with E-state index in [9.17, 15) is 4.79 Å². The minimum absolute atomic E-state index is 0.173. The zero-order valence-corrected chi connectivity index (χ0v) is 12.9. The number of carbonyl (C=O) groups is 1. The van der Waals surface area contributed by atoms with Crippen LogP contribution >= 0.6 is 0 Å². The molecular formula is C18H21NO3. The van der Waals surface area contributed by atoms with Crippen molar-refractivity contribution in [2.24, 2.45) is 5.73 Å². The van der Waals surface area contributed by atoms with Crippen LogP contribution in [-0.4, -0.2) is 12.6 Å². The predicted molar refractivity (Wildman–Crippen MR) is 85.9 cm³/mol. The van der Waals surface area contributed by atoms with Crippen LogP contribution in [0, 0.1) is 6.92 Å². The van der Waals surface area contributed by atoms with Crippen molar-refractivity contribution in [3.8, 4) is 11.5 Å². The molecule has 1 atom stereocenters. The molecule has 0 heterocycles. The third-order valence-corrected chi connectivity index (χ3v) is 3.26. The lowest BCUT2D eigenvalue weighted by Gasteiger charge is -2.12. The Bertz CT molecular complexity index is 605. The molecule has 22 heavy (non-hydrogen) atoms. The van der Waals surface area contributed by atoms with E-state index in [1.807, 2.05) is 55.5 Å². The maximum absolute atomic E-state index is 11.4. The Morgan fingerprint density at radius 1 is 1.05 bits per heavy atom. The Morgan fingerprint density at radius 2 is 1.59 bits per heavy atom. The number of carbonyl (C=O) groups excluding carboxylic acids is 1. The van der Waals surface area contributed by atoms with Crippen LogP contribution in [-0.2, 0) is 9.53 Å². The van der Waals surface area contributed by atoms with Crippen molar-refractivity contribution in [3.05, 3.63) is 59.7 Å². The van der Waals surface area contributed by atoms with Crippen LogP contribution < -0.4 is 10.5 Å². The fraction of sp³-hybridized carbons (Fsp3) is 0.278. The van der Waals surface area contributed by atoms with E-state index < -0.39 is 0 Å². The molecule has 4 heteroatoms. The van der Waals surface area contributed by atoms with Gasteiger partial charge < -0.3 is 15.2 Å². The number of benzene rings is 2. The average molecular weight is 299 g/mol. The SMILES string of the molecule is CCOC(=O)CC(N)c1ccc(Oc2ccc(C)cc2)cc1. The van der Waals surface area contributed by atoms with Gasteiger partial charge in [-0.3, -0.25) is 4.79 Å². The van der Waals surface area contributed by atoms with E-state index in [1.54, 1.807) is 6.92 Å². The Balaban J connectivity index is 1.97. The van der Waals surface area contributed by atoms with Gasteiger partial charge in [0, 0.05) is 6.04 Å². The van der Waals surface area contributed by atoms with Gasteiger partial charge >= 0.3 is 5.97 Å². The Hall–Kier alpha value is -2.33. The van der Waals surface area contributed by atoms with Gasteiger partial charge in [0.05, 0.1) is 13.0 Å². The van der Waals surface area contributed by atoms with Crippen molar-refractivity contribution in [2.75, 3.05) is 6.61 Å². The molecule has 0 aromatic heterocycles. The number of ether oxygens (including phenoxy) is 2. The number of nitrogens with two attached hydrogens (primary N) is 1. The molecule has 116 valence electrons. The third kappa shape index (κ3) is 4.60. The van der Waals surface area contributed by atoms with Gasteiger partial charge in [0.1, 0.15) is 11.5 Å². The van der Waals surface area contributed by atoms with E-state index in [0.717, 1.165) is 17.1 Å². The maximum atomic E-state index is 11.4. The van der Waals surface area contributed by atoms with Gasteiger partial charge in [0.2, 0.25) is 0 Å². The standard InChI is InChI=1S/C18H21NO3/c1-3-21-18(20)12-17(19)14-6-10-16(11-7-14)22-15-8-4-13(2)5-9-15/h4-11,17H,3,12,19H2,1-2H3. The van der Waals surface area contributed by atoms with Gasteiger partial charge in [-0.05, 0) is 43.7 Å². The summed E-state index contributed by atoms with van der Waals surface area (Å²) in [5.74, 6) is 1.24. The van der Waals surface area contributed by atoms with Crippen LogP contribution in [0.2, 0.25) is 0 Å². The van der Waals surface area contributed by atoms with E-state index in [1.165, 1.54) is 5.56 Å².